The quantitative estimate of drug-likeness (QED) is 0.868. The molecule has 0 bridgehead atoms. The van der Waals surface area contributed by atoms with E-state index >= 15 is 0 Å². The first-order valence-electron chi connectivity index (χ1n) is 7.64. The molecule has 1 saturated heterocycles. The van der Waals surface area contributed by atoms with Crippen molar-refractivity contribution < 1.29 is 14.1 Å². The zero-order valence-corrected chi connectivity index (χ0v) is 13.3. The number of hydrogen-bond acceptors (Lipinski definition) is 5. The Bertz CT molecular complexity index is 530. The highest BCUT2D eigenvalue weighted by atomic mass is 16.5. The number of amides is 3. The molecule has 3 amide bonds. The molecule has 8 heteroatoms. The number of carbonyl (C=O) groups excluding carboxylic acids is 2. The van der Waals surface area contributed by atoms with Gasteiger partial charge in [-0.2, -0.15) is 4.98 Å². The first-order chi connectivity index (χ1) is 10.5. The number of nitrogens with zero attached hydrogens (tertiary/aromatic N) is 4. The van der Waals surface area contributed by atoms with E-state index in [-0.39, 0.29) is 24.5 Å². The third-order valence-electron chi connectivity index (χ3n) is 3.78. The summed E-state index contributed by atoms with van der Waals surface area (Å²) in [4.78, 5) is 31.3. The number of urea groups is 1. The van der Waals surface area contributed by atoms with Crippen LogP contribution < -0.4 is 5.32 Å². The average Bonchev–Trinajstić information content (AvgIpc) is 2.96. The Kier molecular flexibility index (Phi) is 5.35. The second kappa shape index (κ2) is 7.24. The van der Waals surface area contributed by atoms with Gasteiger partial charge in [0.25, 0.3) is 0 Å². The highest BCUT2D eigenvalue weighted by molar-refractivity contribution is 5.78. The fourth-order valence-corrected chi connectivity index (χ4v) is 2.38. The fraction of sp³-hybridized carbons (Fsp3) is 0.714. The molecule has 1 aromatic rings. The van der Waals surface area contributed by atoms with Crippen LogP contribution in [-0.2, 0) is 17.8 Å². The molecule has 2 rings (SSSR count). The SMILES string of the molecule is CCc1noc(CN(CC)C(=O)N[C@@H]2CCC(=O)N(C)C2)n1. The summed E-state index contributed by atoms with van der Waals surface area (Å²) in [7, 11) is 1.75. The van der Waals surface area contributed by atoms with Crippen LogP contribution >= 0.6 is 0 Å². The smallest absolute Gasteiger partial charge is 0.318 e. The molecular weight excluding hydrogens is 286 g/mol. The lowest BCUT2D eigenvalue weighted by Gasteiger charge is -2.31. The zero-order chi connectivity index (χ0) is 16.1. The van der Waals surface area contributed by atoms with Gasteiger partial charge in [0.15, 0.2) is 5.82 Å². The monoisotopic (exact) mass is 309 g/mol. The van der Waals surface area contributed by atoms with Gasteiger partial charge in [-0.1, -0.05) is 12.1 Å². The van der Waals surface area contributed by atoms with Crippen molar-refractivity contribution in [1.82, 2.24) is 25.3 Å². The summed E-state index contributed by atoms with van der Waals surface area (Å²) in [6.45, 7) is 5.21. The van der Waals surface area contributed by atoms with Crippen molar-refractivity contribution in [2.45, 2.75) is 45.7 Å². The van der Waals surface area contributed by atoms with Gasteiger partial charge in [-0.05, 0) is 13.3 Å². The average molecular weight is 309 g/mol. The molecular formula is C14H23N5O3. The first kappa shape index (κ1) is 16.3. The molecule has 0 unspecified atom stereocenters. The number of hydrogen-bond donors (Lipinski definition) is 1. The van der Waals surface area contributed by atoms with E-state index in [2.05, 4.69) is 15.5 Å². The third kappa shape index (κ3) is 3.96. The minimum Gasteiger partial charge on any atom is -0.344 e. The van der Waals surface area contributed by atoms with Gasteiger partial charge in [-0.15, -0.1) is 0 Å². The predicted molar refractivity (Wildman–Crippen MR) is 79.0 cm³/mol. The summed E-state index contributed by atoms with van der Waals surface area (Å²) in [5, 5.41) is 6.79. The van der Waals surface area contributed by atoms with Crippen LogP contribution in [0, 0.1) is 0 Å². The summed E-state index contributed by atoms with van der Waals surface area (Å²) in [6.07, 6.45) is 1.84. The Hall–Kier alpha value is -2.12. The van der Waals surface area contributed by atoms with Crippen LogP contribution in [0.3, 0.4) is 0 Å². The van der Waals surface area contributed by atoms with E-state index in [1.807, 2.05) is 13.8 Å². The van der Waals surface area contributed by atoms with Gasteiger partial charge in [-0.3, -0.25) is 4.79 Å². The first-order valence-corrected chi connectivity index (χ1v) is 7.64. The van der Waals surface area contributed by atoms with Gasteiger partial charge in [-0.25, -0.2) is 4.79 Å². The number of rotatable bonds is 5. The molecule has 8 nitrogen and oxygen atoms in total. The van der Waals surface area contributed by atoms with E-state index in [1.165, 1.54) is 0 Å². The molecule has 0 saturated carbocycles. The van der Waals surface area contributed by atoms with E-state index < -0.39 is 0 Å². The Balaban J connectivity index is 1.90. The number of aromatic nitrogens is 2. The Morgan fingerprint density at radius 1 is 1.50 bits per heavy atom. The number of nitrogens with one attached hydrogen (secondary N) is 1. The summed E-state index contributed by atoms with van der Waals surface area (Å²) in [5.41, 5.74) is 0. The fourth-order valence-electron chi connectivity index (χ4n) is 2.38. The van der Waals surface area contributed by atoms with E-state index in [4.69, 9.17) is 4.52 Å². The van der Waals surface area contributed by atoms with E-state index in [0.29, 0.717) is 44.1 Å². The van der Waals surface area contributed by atoms with Crippen molar-refractivity contribution in [3.8, 4) is 0 Å². The van der Waals surface area contributed by atoms with Crippen molar-refractivity contribution in [3.63, 3.8) is 0 Å². The van der Waals surface area contributed by atoms with Crippen molar-refractivity contribution in [3.05, 3.63) is 11.7 Å². The standard InChI is InChI=1S/C14H23N5O3/c1-4-11-16-12(22-17-11)9-19(5-2)14(21)15-10-6-7-13(20)18(3)8-10/h10H,4-9H2,1-3H3,(H,15,21)/t10-/m1/s1. The van der Waals surface area contributed by atoms with Gasteiger partial charge in [0.05, 0.1) is 0 Å². The van der Waals surface area contributed by atoms with Gasteiger partial charge < -0.3 is 19.6 Å². The summed E-state index contributed by atoms with van der Waals surface area (Å²) >= 11 is 0. The number of likely N-dealkylation sites (tertiary alicyclic amines) is 1. The number of carbonyl (C=O) groups is 2. The van der Waals surface area contributed by atoms with Gasteiger partial charge in [0.1, 0.15) is 6.54 Å². The van der Waals surface area contributed by atoms with E-state index in [1.54, 1.807) is 16.8 Å². The van der Waals surface area contributed by atoms with Crippen LogP contribution in [-0.4, -0.2) is 58.1 Å². The predicted octanol–water partition coefficient (Wildman–Crippen LogP) is 0.784. The Morgan fingerprint density at radius 3 is 2.86 bits per heavy atom. The summed E-state index contributed by atoms with van der Waals surface area (Å²) in [6, 6.07) is -0.190. The number of piperidine rings is 1. The highest BCUT2D eigenvalue weighted by Gasteiger charge is 2.26. The lowest BCUT2D eigenvalue weighted by molar-refractivity contribution is -0.132. The summed E-state index contributed by atoms with van der Waals surface area (Å²) < 4.78 is 5.12. The maximum atomic E-state index is 12.3. The highest BCUT2D eigenvalue weighted by Crippen LogP contribution is 2.11. The molecule has 1 aliphatic rings. The lowest BCUT2D eigenvalue weighted by Crippen LogP contribution is -2.51. The molecule has 1 atom stereocenters. The van der Waals surface area contributed by atoms with Crippen LogP contribution in [0.4, 0.5) is 4.79 Å². The molecule has 0 spiro atoms. The topological polar surface area (TPSA) is 91.6 Å². The minimum absolute atomic E-state index is 0.0156. The van der Waals surface area contributed by atoms with Crippen LogP contribution in [0.1, 0.15) is 38.4 Å². The van der Waals surface area contributed by atoms with Crippen molar-refractivity contribution >= 4 is 11.9 Å². The Morgan fingerprint density at radius 2 is 2.27 bits per heavy atom. The summed E-state index contributed by atoms with van der Waals surface area (Å²) in [5.74, 6) is 1.19. The van der Waals surface area contributed by atoms with Crippen molar-refractivity contribution in [2.75, 3.05) is 20.1 Å². The molecule has 122 valence electrons. The van der Waals surface area contributed by atoms with E-state index in [9.17, 15) is 9.59 Å². The van der Waals surface area contributed by atoms with Crippen molar-refractivity contribution in [2.24, 2.45) is 0 Å². The molecule has 1 aliphatic heterocycles. The van der Waals surface area contributed by atoms with Crippen molar-refractivity contribution in [1.29, 1.82) is 0 Å². The third-order valence-corrected chi connectivity index (χ3v) is 3.78. The van der Waals surface area contributed by atoms with E-state index in [0.717, 1.165) is 0 Å². The van der Waals surface area contributed by atoms with Crippen LogP contribution in [0.15, 0.2) is 4.52 Å². The van der Waals surface area contributed by atoms with Gasteiger partial charge in [0.2, 0.25) is 11.8 Å². The lowest BCUT2D eigenvalue weighted by atomic mass is 10.1. The Labute approximate surface area is 129 Å². The molecule has 0 aliphatic carbocycles. The number of likely N-dealkylation sites (N-methyl/N-ethyl adjacent to an activating group) is 1. The molecule has 2 heterocycles. The molecule has 1 fully saturated rings. The molecule has 1 N–H and O–H groups in total. The normalized spacial score (nSPS) is 18.4. The van der Waals surface area contributed by atoms with Crippen LogP contribution in [0.2, 0.25) is 0 Å². The molecule has 0 aromatic carbocycles. The largest absolute Gasteiger partial charge is 0.344 e. The second-order valence-electron chi connectivity index (χ2n) is 5.43. The zero-order valence-electron chi connectivity index (χ0n) is 13.3. The maximum absolute atomic E-state index is 12.3. The molecule has 22 heavy (non-hydrogen) atoms. The van der Waals surface area contributed by atoms with Gasteiger partial charge >= 0.3 is 6.03 Å². The minimum atomic E-state index is -0.175. The van der Waals surface area contributed by atoms with Crippen LogP contribution in [0.5, 0.6) is 0 Å². The molecule has 0 radical (unpaired) electrons. The maximum Gasteiger partial charge on any atom is 0.318 e. The van der Waals surface area contributed by atoms with Crippen LogP contribution in [0.25, 0.3) is 0 Å². The van der Waals surface area contributed by atoms with Gasteiger partial charge in [0, 0.05) is 39.0 Å². The number of aryl methyl sites for hydroxylation is 1. The second-order valence-corrected chi connectivity index (χ2v) is 5.43. The molecule has 1 aromatic heterocycles.